The molecule has 1 atom stereocenters. The molecule has 0 fully saturated rings. The average molecular weight is 380 g/mol. The van der Waals surface area contributed by atoms with Crippen LogP contribution in [0.5, 0.6) is 0 Å². The fraction of sp³-hybridized carbons (Fsp3) is 0.250. The summed E-state index contributed by atoms with van der Waals surface area (Å²) in [4.78, 5) is 28.8. The summed E-state index contributed by atoms with van der Waals surface area (Å²) in [6, 6.07) is 4.87. The summed E-state index contributed by atoms with van der Waals surface area (Å²) in [6.45, 7) is 1.69. The van der Waals surface area contributed by atoms with Crippen LogP contribution in [-0.4, -0.2) is 25.2 Å². The Labute approximate surface area is 153 Å². The second kappa shape index (κ2) is 6.85. The normalized spacial score (nSPS) is 12.3. The van der Waals surface area contributed by atoms with Crippen molar-refractivity contribution in [1.29, 1.82) is 0 Å². The molecule has 0 spiro atoms. The molecule has 3 rings (SSSR count). The predicted molar refractivity (Wildman–Crippen MR) is 95.8 cm³/mol. The van der Waals surface area contributed by atoms with E-state index in [1.807, 2.05) is 6.92 Å². The number of carbonyl (C=O) groups excluding carboxylic acids is 1. The van der Waals surface area contributed by atoms with Gasteiger partial charge in [0, 0.05) is 7.05 Å². The zero-order chi connectivity index (χ0) is 18.1. The molecule has 1 aromatic carbocycles. The topological polar surface area (TPSA) is 81.8 Å². The van der Waals surface area contributed by atoms with Crippen LogP contribution in [0.2, 0.25) is 10.0 Å². The smallest absolute Gasteiger partial charge is 0.264 e. The lowest BCUT2D eigenvalue weighted by Gasteiger charge is -2.15. The van der Waals surface area contributed by atoms with Crippen LogP contribution in [-0.2, 0) is 18.4 Å². The third-order valence-electron chi connectivity index (χ3n) is 3.85. The molecule has 3 aromatic rings. The van der Waals surface area contributed by atoms with Crippen LogP contribution in [0.3, 0.4) is 0 Å². The van der Waals surface area contributed by atoms with Crippen molar-refractivity contribution in [2.75, 3.05) is 0 Å². The van der Waals surface area contributed by atoms with Crippen LogP contribution in [0, 0.1) is 0 Å². The van der Waals surface area contributed by atoms with Crippen LogP contribution in [0.15, 0.2) is 35.5 Å². The summed E-state index contributed by atoms with van der Waals surface area (Å²) in [5.41, 5.74) is 0.984. The van der Waals surface area contributed by atoms with Gasteiger partial charge in [-0.1, -0.05) is 29.3 Å². The van der Waals surface area contributed by atoms with Gasteiger partial charge in [0.2, 0.25) is 5.91 Å². The molecule has 130 valence electrons. The molecule has 0 saturated heterocycles. The highest BCUT2D eigenvalue weighted by molar-refractivity contribution is 6.42. The lowest BCUT2D eigenvalue weighted by Crippen LogP contribution is -2.33. The average Bonchev–Trinajstić information content (AvgIpc) is 2.94. The Morgan fingerprint density at radius 2 is 2.08 bits per heavy atom. The first kappa shape index (κ1) is 17.4. The van der Waals surface area contributed by atoms with Crippen molar-refractivity contribution in [2.24, 2.45) is 7.05 Å². The van der Waals surface area contributed by atoms with E-state index in [4.69, 9.17) is 23.2 Å². The monoisotopic (exact) mass is 379 g/mol. The molecule has 0 radical (unpaired) electrons. The van der Waals surface area contributed by atoms with E-state index in [0.717, 1.165) is 5.56 Å². The number of nitrogens with zero attached hydrogens (tertiary/aromatic N) is 4. The number of hydrogen-bond acceptors (Lipinski definition) is 4. The fourth-order valence-electron chi connectivity index (χ4n) is 2.49. The first-order valence-corrected chi connectivity index (χ1v) is 8.24. The zero-order valence-electron chi connectivity index (χ0n) is 13.5. The Balaban J connectivity index is 1.75. The summed E-state index contributed by atoms with van der Waals surface area (Å²) in [5, 5.41) is 8.06. The van der Waals surface area contributed by atoms with Gasteiger partial charge < -0.3 is 5.32 Å². The molecule has 0 bridgehead atoms. The summed E-state index contributed by atoms with van der Waals surface area (Å²) in [7, 11) is 1.70. The van der Waals surface area contributed by atoms with Crippen molar-refractivity contribution < 1.29 is 4.79 Å². The summed E-state index contributed by atoms with van der Waals surface area (Å²) in [5.74, 6) is -0.314. The van der Waals surface area contributed by atoms with Gasteiger partial charge in [0.25, 0.3) is 5.56 Å². The Kier molecular flexibility index (Phi) is 4.78. The number of nitrogens with one attached hydrogen (secondary N) is 1. The van der Waals surface area contributed by atoms with Crippen molar-refractivity contribution in [2.45, 2.75) is 19.5 Å². The highest BCUT2D eigenvalue weighted by atomic mass is 35.5. The SMILES string of the molecule is C[C@@H](NC(=O)Cn1cnc2c(cnn2C)c1=O)c1ccc(Cl)c(Cl)c1. The van der Waals surface area contributed by atoms with E-state index in [1.165, 1.54) is 21.8 Å². The third kappa shape index (κ3) is 3.52. The molecule has 2 aromatic heterocycles. The molecule has 0 aliphatic heterocycles. The third-order valence-corrected chi connectivity index (χ3v) is 4.59. The van der Waals surface area contributed by atoms with Crippen LogP contribution in [0.4, 0.5) is 0 Å². The Morgan fingerprint density at radius 3 is 2.80 bits per heavy atom. The van der Waals surface area contributed by atoms with Crippen molar-refractivity contribution in [3.8, 4) is 0 Å². The van der Waals surface area contributed by atoms with Crippen molar-refractivity contribution in [3.63, 3.8) is 0 Å². The van der Waals surface area contributed by atoms with Crippen LogP contribution < -0.4 is 10.9 Å². The second-order valence-electron chi connectivity index (χ2n) is 5.65. The highest BCUT2D eigenvalue weighted by Crippen LogP contribution is 2.25. The van der Waals surface area contributed by atoms with Gasteiger partial charge in [0.1, 0.15) is 18.3 Å². The van der Waals surface area contributed by atoms with Crippen molar-refractivity contribution in [3.05, 3.63) is 56.7 Å². The maximum Gasteiger partial charge on any atom is 0.264 e. The first-order valence-electron chi connectivity index (χ1n) is 7.48. The van der Waals surface area contributed by atoms with Gasteiger partial charge in [0.05, 0.1) is 22.3 Å². The van der Waals surface area contributed by atoms with E-state index < -0.39 is 0 Å². The van der Waals surface area contributed by atoms with E-state index >= 15 is 0 Å². The van der Waals surface area contributed by atoms with Gasteiger partial charge in [0.15, 0.2) is 5.65 Å². The van der Waals surface area contributed by atoms with Gasteiger partial charge in [-0.15, -0.1) is 0 Å². The lowest BCUT2D eigenvalue weighted by molar-refractivity contribution is -0.122. The minimum absolute atomic E-state index is 0.137. The molecule has 0 saturated carbocycles. The molecule has 1 amide bonds. The van der Waals surface area contributed by atoms with E-state index in [1.54, 1.807) is 25.2 Å². The van der Waals surface area contributed by atoms with Crippen molar-refractivity contribution in [1.82, 2.24) is 24.6 Å². The van der Waals surface area contributed by atoms with E-state index in [-0.39, 0.29) is 24.1 Å². The molecule has 7 nitrogen and oxygen atoms in total. The van der Waals surface area contributed by atoms with E-state index in [0.29, 0.717) is 21.1 Å². The molecular weight excluding hydrogens is 365 g/mol. The minimum atomic E-state index is -0.314. The molecule has 25 heavy (non-hydrogen) atoms. The van der Waals surface area contributed by atoms with Crippen molar-refractivity contribution >= 4 is 40.1 Å². The maximum atomic E-state index is 12.4. The Bertz CT molecular complexity index is 1010. The number of aromatic nitrogens is 4. The number of carbonyl (C=O) groups is 1. The number of halogens is 2. The zero-order valence-corrected chi connectivity index (χ0v) is 15.0. The molecule has 0 aliphatic carbocycles. The molecule has 2 heterocycles. The van der Waals surface area contributed by atoms with Gasteiger partial charge in [-0.3, -0.25) is 18.8 Å². The molecule has 0 unspecified atom stereocenters. The maximum absolute atomic E-state index is 12.4. The predicted octanol–water partition coefficient (Wildman–Crippen LogP) is 2.31. The summed E-state index contributed by atoms with van der Waals surface area (Å²) >= 11 is 11.9. The first-order chi connectivity index (χ1) is 11.9. The standard InChI is InChI=1S/C16H15Cl2N5O2/c1-9(10-3-4-12(17)13(18)5-10)21-14(24)7-23-8-19-15-11(16(23)25)6-20-22(15)2/h3-6,8-9H,7H2,1-2H3,(H,21,24)/t9-/m1/s1. The van der Waals surface area contributed by atoms with E-state index in [2.05, 4.69) is 15.4 Å². The number of rotatable bonds is 4. The number of hydrogen-bond donors (Lipinski definition) is 1. The van der Waals surface area contributed by atoms with Gasteiger partial charge in [-0.2, -0.15) is 5.10 Å². The van der Waals surface area contributed by atoms with Crippen LogP contribution >= 0.6 is 23.2 Å². The fourth-order valence-corrected chi connectivity index (χ4v) is 2.79. The second-order valence-corrected chi connectivity index (χ2v) is 6.46. The van der Waals surface area contributed by atoms with Gasteiger partial charge in [-0.05, 0) is 24.6 Å². The van der Waals surface area contributed by atoms with Gasteiger partial charge >= 0.3 is 0 Å². The molecular formula is C16H15Cl2N5O2. The molecule has 0 aliphatic rings. The van der Waals surface area contributed by atoms with Gasteiger partial charge in [-0.25, -0.2) is 4.98 Å². The highest BCUT2D eigenvalue weighted by Gasteiger charge is 2.14. The van der Waals surface area contributed by atoms with E-state index in [9.17, 15) is 9.59 Å². The Hall–Kier alpha value is -2.38. The lowest BCUT2D eigenvalue weighted by atomic mass is 10.1. The number of benzene rings is 1. The number of amides is 1. The number of fused-ring (bicyclic) bond motifs is 1. The van der Waals surface area contributed by atoms with Crippen LogP contribution in [0.1, 0.15) is 18.5 Å². The number of aryl methyl sites for hydroxylation is 1. The Morgan fingerprint density at radius 1 is 1.32 bits per heavy atom. The summed E-state index contributed by atoms with van der Waals surface area (Å²) in [6.07, 6.45) is 2.78. The van der Waals surface area contributed by atoms with Crippen LogP contribution in [0.25, 0.3) is 11.0 Å². The summed E-state index contributed by atoms with van der Waals surface area (Å²) < 4.78 is 2.76. The quantitative estimate of drug-likeness (QED) is 0.753. The minimum Gasteiger partial charge on any atom is -0.348 e. The molecule has 1 N–H and O–H groups in total. The molecule has 9 heteroatoms. The largest absolute Gasteiger partial charge is 0.348 e.